The molecule has 0 spiro atoms. The second kappa shape index (κ2) is 7.93. The molecular weight excluding hydrogens is 302 g/mol. The van der Waals surface area contributed by atoms with Crippen LogP contribution >= 0.6 is 0 Å². The van der Waals surface area contributed by atoms with E-state index >= 15 is 0 Å². The molecule has 1 N–H and O–H groups in total. The Bertz CT molecular complexity index is 656. The van der Waals surface area contributed by atoms with Gasteiger partial charge in [-0.3, -0.25) is 9.78 Å². The highest BCUT2D eigenvalue weighted by Gasteiger charge is 2.24. The van der Waals surface area contributed by atoms with Gasteiger partial charge in [0.15, 0.2) is 0 Å². The van der Waals surface area contributed by atoms with Crippen molar-refractivity contribution in [1.82, 2.24) is 15.2 Å². The van der Waals surface area contributed by atoms with E-state index in [1.807, 2.05) is 48.3 Å². The van der Waals surface area contributed by atoms with Crippen molar-refractivity contribution in [2.24, 2.45) is 5.92 Å². The minimum Gasteiger partial charge on any atom is -0.456 e. The molecule has 1 aromatic heterocycles. The number of ether oxygens (including phenoxy) is 1. The first kappa shape index (κ1) is 16.5. The lowest BCUT2D eigenvalue weighted by atomic mass is 9.97. The molecule has 1 aromatic carbocycles. The van der Waals surface area contributed by atoms with E-state index in [-0.39, 0.29) is 5.91 Å². The van der Waals surface area contributed by atoms with Crippen LogP contribution in [0.4, 0.5) is 0 Å². The van der Waals surface area contributed by atoms with Crippen molar-refractivity contribution in [3.8, 4) is 11.5 Å². The Kier molecular flexibility index (Phi) is 5.43. The Morgan fingerprint density at radius 1 is 1.29 bits per heavy atom. The van der Waals surface area contributed by atoms with Gasteiger partial charge in [0.1, 0.15) is 11.5 Å². The van der Waals surface area contributed by atoms with Crippen LogP contribution in [0.2, 0.25) is 0 Å². The van der Waals surface area contributed by atoms with E-state index in [0.29, 0.717) is 23.0 Å². The van der Waals surface area contributed by atoms with Gasteiger partial charge in [0.2, 0.25) is 0 Å². The minimum absolute atomic E-state index is 0.101. The number of hydrogen-bond donors (Lipinski definition) is 1. The molecule has 1 aliphatic rings. The van der Waals surface area contributed by atoms with Crippen molar-refractivity contribution in [2.75, 3.05) is 26.7 Å². The lowest BCUT2D eigenvalue weighted by Gasteiger charge is -2.32. The zero-order chi connectivity index (χ0) is 16.8. The predicted molar refractivity (Wildman–Crippen MR) is 93.3 cm³/mol. The Morgan fingerprint density at radius 2 is 2.12 bits per heavy atom. The fourth-order valence-electron chi connectivity index (χ4n) is 3.10. The van der Waals surface area contributed by atoms with E-state index in [1.54, 1.807) is 12.4 Å². The lowest BCUT2D eigenvalue weighted by Crippen LogP contribution is -2.42. The fraction of sp³-hybridized carbons (Fsp3) is 0.368. The molecule has 3 rings (SSSR count). The third-order valence-electron chi connectivity index (χ3n) is 4.27. The summed E-state index contributed by atoms with van der Waals surface area (Å²) in [5.74, 6) is 2.03. The van der Waals surface area contributed by atoms with Gasteiger partial charge in [-0.1, -0.05) is 0 Å². The molecule has 5 heteroatoms. The van der Waals surface area contributed by atoms with Crippen molar-refractivity contribution in [3.05, 3.63) is 54.4 Å². The third kappa shape index (κ3) is 4.11. The van der Waals surface area contributed by atoms with Gasteiger partial charge in [0, 0.05) is 24.8 Å². The first-order chi connectivity index (χ1) is 11.8. The smallest absolute Gasteiger partial charge is 0.253 e. The summed E-state index contributed by atoms with van der Waals surface area (Å²) in [6.07, 6.45) is 5.62. The van der Waals surface area contributed by atoms with E-state index < -0.39 is 0 Å². The van der Waals surface area contributed by atoms with Gasteiger partial charge in [-0.15, -0.1) is 0 Å². The van der Waals surface area contributed by atoms with Crippen molar-refractivity contribution in [1.29, 1.82) is 0 Å². The first-order valence-corrected chi connectivity index (χ1v) is 8.38. The summed E-state index contributed by atoms with van der Waals surface area (Å²) in [5.41, 5.74) is 0.707. The van der Waals surface area contributed by atoms with E-state index in [4.69, 9.17) is 4.74 Å². The molecule has 1 atom stereocenters. The monoisotopic (exact) mass is 325 g/mol. The van der Waals surface area contributed by atoms with Crippen molar-refractivity contribution in [3.63, 3.8) is 0 Å². The molecule has 1 aliphatic heterocycles. The number of carbonyl (C=O) groups is 1. The van der Waals surface area contributed by atoms with Gasteiger partial charge in [0.05, 0.1) is 6.20 Å². The van der Waals surface area contributed by atoms with Crippen LogP contribution in [0, 0.1) is 5.92 Å². The largest absolute Gasteiger partial charge is 0.456 e. The van der Waals surface area contributed by atoms with Gasteiger partial charge in [-0.2, -0.15) is 0 Å². The quantitative estimate of drug-likeness (QED) is 0.918. The topological polar surface area (TPSA) is 54.5 Å². The molecule has 0 unspecified atom stereocenters. The fourth-order valence-corrected chi connectivity index (χ4v) is 3.10. The number of likely N-dealkylation sites (tertiary alicyclic amines) is 1. The van der Waals surface area contributed by atoms with E-state index in [0.717, 1.165) is 26.1 Å². The molecule has 24 heavy (non-hydrogen) atoms. The Labute approximate surface area is 142 Å². The summed E-state index contributed by atoms with van der Waals surface area (Å²) in [6.45, 7) is 2.63. The predicted octanol–water partition coefficient (Wildman–Crippen LogP) is 2.95. The van der Waals surface area contributed by atoms with E-state index in [2.05, 4.69) is 10.3 Å². The first-order valence-electron chi connectivity index (χ1n) is 8.38. The molecule has 1 amide bonds. The number of piperidine rings is 1. The Balaban J connectivity index is 1.63. The normalized spacial score (nSPS) is 17.5. The van der Waals surface area contributed by atoms with E-state index in [9.17, 15) is 4.79 Å². The third-order valence-corrected chi connectivity index (χ3v) is 4.27. The van der Waals surface area contributed by atoms with E-state index in [1.165, 1.54) is 6.42 Å². The summed E-state index contributed by atoms with van der Waals surface area (Å²) in [4.78, 5) is 18.7. The zero-order valence-corrected chi connectivity index (χ0v) is 13.9. The van der Waals surface area contributed by atoms with Crippen LogP contribution in [0.3, 0.4) is 0 Å². The number of nitrogens with one attached hydrogen (secondary N) is 1. The number of benzene rings is 1. The summed E-state index contributed by atoms with van der Waals surface area (Å²) in [5, 5.41) is 3.21. The molecular formula is C19H23N3O2. The summed E-state index contributed by atoms with van der Waals surface area (Å²) < 4.78 is 5.71. The SMILES string of the molecule is CNC[C@@H]1CCCN(C(=O)c2ccc(Oc3cccnc3)cc2)C1. The van der Waals surface area contributed by atoms with Crippen LogP contribution in [0.5, 0.6) is 11.5 Å². The Morgan fingerprint density at radius 3 is 2.83 bits per heavy atom. The minimum atomic E-state index is 0.101. The van der Waals surface area contributed by atoms with Gasteiger partial charge in [0.25, 0.3) is 5.91 Å². The highest BCUT2D eigenvalue weighted by Crippen LogP contribution is 2.22. The molecule has 0 radical (unpaired) electrons. The number of hydrogen-bond acceptors (Lipinski definition) is 4. The molecule has 126 valence electrons. The van der Waals surface area contributed by atoms with Crippen LogP contribution in [-0.2, 0) is 0 Å². The summed E-state index contributed by atoms with van der Waals surface area (Å²) in [7, 11) is 1.96. The maximum absolute atomic E-state index is 12.7. The van der Waals surface area contributed by atoms with Gasteiger partial charge in [-0.25, -0.2) is 0 Å². The van der Waals surface area contributed by atoms with Crippen LogP contribution in [-0.4, -0.2) is 42.5 Å². The molecule has 0 aliphatic carbocycles. The number of aromatic nitrogens is 1. The lowest BCUT2D eigenvalue weighted by molar-refractivity contribution is 0.0674. The van der Waals surface area contributed by atoms with Gasteiger partial charge in [-0.05, 0) is 68.8 Å². The van der Waals surface area contributed by atoms with Crippen molar-refractivity contribution < 1.29 is 9.53 Å². The summed E-state index contributed by atoms with van der Waals surface area (Å²) in [6, 6.07) is 11.0. The second-order valence-electron chi connectivity index (χ2n) is 6.13. The van der Waals surface area contributed by atoms with Crippen molar-refractivity contribution in [2.45, 2.75) is 12.8 Å². The molecule has 0 saturated carbocycles. The Hall–Kier alpha value is -2.40. The number of nitrogens with zero attached hydrogens (tertiary/aromatic N) is 2. The van der Waals surface area contributed by atoms with Gasteiger partial charge < -0.3 is 15.0 Å². The highest BCUT2D eigenvalue weighted by atomic mass is 16.5. The average Bonchev–Trinajstić information content (AvgIpc) is 2.63. The number of rotatable bonds is 5. The standard InChI is InChI=1S/C19H23N3O2/c1-20-12-15-4-3-11-22(14-15)19(23)16-6-8-17(9-7-16)24-18-5-2-10-21-13-18/h2,5-10,13,15,20H,3-4,11-12,14H2,1H3/t15-/m0/s1. The van der Waals surface area contributed by atoms with Crippen LogP contribution < -0.4 is 10.1 Å². The maximum atomic E-state index is 12.7. The average molecular weight is 325 g/mol. The zero-order valence-electron chi connectivity index (χ0n) is 13.9. The number of carbonyl (C=O) groups excluding carboxylic acids is 1. The molecule has 5 nitrogen and oxygen atoms in total. The highest BCUT2D eigenvalue weighted by molar-refractivity contribution is 5.94. The van der Waals surface area contributed by atoms with Crippen LogP contribution in [0.1, 0.15) is 23.2 Å². The van der Waals surface area contributed by atoms with Gasteiger partial charge >= 0.3 is 0 Å². The van der Waals surface area contributed by atoms with Crippen molar-refractivity contribution >= 4 is 5.91 Å². The molecule has 1 saturated heterocycles. The summed E-state index contributed by atoms with van der Waals surface area (Å²) >= 11 is 0. The molecule has 1 fully saturated rings. The molecule has 0 bridgehead atoms. The molecule has 2 heterocycles. The number of pyridine rings is 1. The second-order valence-corrected chi connectivity index (χ2v) is 6.13. The number of amides is 1. The maximum Gasteiger partial charge on any atom is 0.253 e. The van der Waals surface area contributed by atoms with Crippen LogP contribution in [0.15, 0.2) is 48.8 Å². The van der Waals surface area contributed by atoms with Crippen LogP contribution in [0.25, 0.3) is 0 Å². The molecule has 2 aromatic rings.